The molecule has 0 saturated carbocycles. The first-order valence-electron chi connectivity index (χ1n) is 10.9. The molecule has 2 N–H and O–H groups in total. The van der Waals surface area contributed by atoms with Crippen LogP contribution in [0.5, 0.6) is 0 Å². The number of hydrogen-bond donors (Lipinski definition) is 2. The lowest BCUT2D eigenvalue weighted by Crippen LogP contribution is -2.16. The number of aliphatic carboxylic acids is 1. The van der Waals surface area contributed by atoms with E-state index in [0.717, 1.165) is 27.8 Å². The number of hydrogen-bond acceptors (Lipinski definition) is 5. The maximum absolute atomic E-state index is 12.4. The maximum Gasteiger partial charge on any atom is 0.411 e. The lowest BCUT2D eigenvalue weighted by atomic mass is 9.96. The zero-order valence-electron chi connectivity index (χ0n) is 18.7. The van der Waals surface area contributed by atoms with Crippen LogP contribution in [0.4, 0.5) is 10.5 Å². The minimum absolute atomic E-state index is 0.0547. The summed E-state index contributed by atoms with van der Waals surface area (Å²) >= 11 is 0. The molecule has 4 rings (SSSR count). The Morgan fingerprint density at radius 3 is 2.35 bits per heavy atom. The summed E-state index contributed by atoms with van der Waals surface area (Å²) in [6.45, 7) is 1.96. The minimum atomic E-state index is -0.881. The quantitative estimate of drug-likeness (QED) is 0.351. The molecule has 0 fully saturated rings. The van der Waals surface area contributed by atoms with Crippen LogP contribution in [0.2, 0.25) is 0 Å². The molecule has 0 atom stereocenters. The number of carboxylic acids is 1. The Hall–Kier alpha value is -4.39. The summed E-state index contributed by atoms with van der Waals surface area (Å²) in [4.78, 5) is 23.5. The van der Waals surface area contributed by atoms with Crippen molar-refractivity contribution in [2.75, 3.05) is 11.9 Å². The van der Waals surface area contributed by atoms with Gasteiger partial charge in [0.25, 0.3) is 0 Å². The Bertz CT molecular complexity index is 1280. The third-order valence-corrected chi connectivity index (χ3v) is 5.38. The van der Waals surface area contributed by atoms with Gasteiger partial charge in [-0.3, -0.25) is 10.1 Å². The van der Waals surface area contributed by atoms with E-state index >= 15 is 0 Å². The number of ether oxygens (including phenoxy) is 1. The second-order valence-corrected chi connectivity index (χ2v) is 7.76. The number of rotatable bonds is 8. The Morgan fingerprint density at radius 1 is 0.941 bits per heavy atom. The molecule has 0 aliphatic carbocycles. The predicted octanol–water partition coefficient (Wildman–Crippen LogP) is 5.74. The Kier molecular flexibility index (Phi) is 7.03. The van der Waals surface area contributed by atoms with Crippen molar-refractivity contribution in [1.82, 2.24) is 5.16 Å². The molecule has 0 radical (unpaired) electrons. The maximum atomic E-state index is 12.4. The molecule has 1 amide bonds. The number of carboxylic acid groups (broad SMARTS) is 1. The fourth-order valence-electron chi connectivity index (χ4n) is 3.69. The number of nitrogens with zero attached hydrogens (tertiary/aromatic N) is 1. The third kappa shape index (κ3) is 5.50. The number of nitrogens with one attached hydrogen (secondary N) is 1. The molecule has 0 saturated heterocycles. The van der Waals surface area contributed by atoms with Crippen LogP contribution >= 0.6 is 0 Å². The van der Waals surface area contributed by atoms with E-state index in [2.05, 4.69) is 10.5 Å². The van der Waals surface area contributed by atoms with Crippen LogP contribution in [0.25, 0.3) is 22.4 Å². The van der Waals surface area contributed by atoms with Crippen LogP contribution in [0, 0.1) is 6.92 Å². The molecule has 3 aromatic carbocycles. The second-order valence-electron chi connectivity index (χ2n) is 7.76. The Morgan fingerprint density at radius 2 is 1.62 bits per heavy atom. The minimum Gasteiger partial charge on any atom is -0.481 e. The predicted molar refractivity (Wildman–Crippen MR) is 129 cm³/mol. The summed E-state index contributed by atoms with van der Waals surface area (Å²) < 4.78 is 10.6. The van der Waals surface area contributed by atoms with Gasteiger partial charge in [-0.15, -0.1) is 0 Å². The van der Waals surface area contributed by atoms with Crippen LogP contribution in [-0.2, 0) is 22.4 Å². The van der Waals surface area contributed by atoms with Gasteiger partial charge in [-0.25, -0.2) is 4.79 Å². The van der Waals surface area contributed by atoms with Crippen molar-refractivity contribution in [1.29, 1.82) is 0 Å². The number of aromatic nitrogens is 1. The molecule has 34 heavy (non-hydrogen) atoms. The molecule has 7 nitrogen and oxygen atoms in total. The van der Waals surface area contributed by atoms with E-state index in [-0.39, 0.29) is 13.0 Å². The number of carbonyl (C=O) groups is 2. The highest BCUT2D eigenvalue weighted by atomic mass is 16.5. The Labute approximate surface area is 197 Å². The first-order valence-corrected chi connectivity index (χ1v) is 10.9. The van der Waals surface area contributed by atoms with Gasteiger partial charge in [-0.2, -0.15) is 0 Å². The molecule has 0 aliphatic heterocycles. The monoisotopic (exact) mass is 456 g/mol. The van der Waals surface area contributed by atoms with Crippen LogP contribution in [0.3, 0.4) is 0 Å². The van der Waals surface area contributed by atoms with Crippen molar-refractivity contribution < 1.29 is 24.0 Å². The highest BCUT2D eigenvalue weighted by molar-refractivity contribution is 5.91. The lowest BCUT2D eigenvalue weighted by Gasteiger charge is -2.10. The summed E-state index contributed by atoms with van der Waals surface area (Å²) in [5.74, 6) is -0.417. The molecule has 1 heterocycles. The average Bonchev–Trinajstić information content (AvgIpc) is 3.20. The van der Waals surface area contributed by atoms with Crippen molar-refractivity contribution >= 4 is 17.7 Å². The lowest BCUT2D eigenvalue weighted by molar-refractivity contribution is -0.136. The van der Waals surface area contributed by atoms with Gasteiger partial charge < -0.3 is 14.4 Å². The Balaban J connectivity index is 1.46. The van der Waals surface area contributed by atoms with Gasteiger partial charge >= 0.3 is 12.1 Å². The van der Waals surface area contributed by atoms with E-state index in [1.807, 2.05) is 78.9 Å². The number of amides is 1. The second kappa shape index (κ2) is 10.5. The van der Waals surface area contributed by atoms with Gasteiger partial charge in [0.1, 0.15) is 11.4 Å². The van der Waals surface area contributed by atoms with E-state index in [9.17, 15) is 14.7 Å². The first-order chi connectivity index (χ1) is 16.5. The van der Waals surface area contributed by atoms with E-state index in [1.54, 1.807) is 6.92 Å². The molecule has 0 aliphatic rings. The molecule has 172 valence electrons. The number of benzene rings is 3. The molecule has 0 bridgehead atoms. The number of anilines is 1. The van der Waals surface area contributed by atoms with E-state index in [1.165, 1.54) is 0 Å². The highest BCUT2D eigenvalue weighted by Crippen LogP contribution is 2.32. The molecule has 0 spiro atoms. The smallest absolute Gasteiger partial charge is 0.411 e. The van der Waals surface area contributed by atoms with Crippen LogP contribution < -0.4 is 5.32 Å². The number of carbonyl (C=O) groups excluding carboxylic acids is 1. The van der Waals surface area contributed by atoms with Crippen molar-refractivity contribution in [3.05, 3.63) is 95.7 Å². The zero-order valence-corrected chi connectivity index (χ0v) is 18.7. The van der Waals surface area contributed by atoms with E-state index < -0.39 is 12.1 Å². The highest BCUT2D eigenvalue weighted by Gasteiger charge is 2.18. The standard InChI is InChI=1S/C27H24N2O5/c1-18-25(28-27(32)33-16-15-19-7-3-2-4-8-19)26(29-34-18)21-13-11-20(12-14-21)23-10-6-5-9-22(23)17-24(30)31/h2-14H,15-17H2,1H3,(H,28,32)(H,30,31). The van der Waals surface area contributed by atoms with E-state index in [0.29, 0.717) is 23.6 Å². The fraction of sp³-hybridized carbons (Fsp3) is 0.148. The van der Waals surface area contributed by atoms with Gasteiger partial charge in [0, 0.05) is 12.0 Å². The van der Waals surface area contributed by atoms with Gasteiger partial charge in [0.2, 0.25) is 0 Å². The van der Waals surface area contributed by atoms with Crippen molar-refractivity contribution in [3.63, 3.8) is 0 Å². The van der Waals surface area contributed by atoms with Gasteiger partial charge in [0.05, 0.1) is 13.0 Å². The normalized spacial score (nSPS) is 10.6. The van der Waals surface area contributed by atoms with Gasteiger partial charge in [0.15, 0.2) is 5.76 Å². The van der Waals surface area contributed by atoms with Gasteiger partial charge in [-0.05, 0) is 29.2 Å². The molecule has 4 aromatic rings. The average molecular weight is 456 g/mol. The third-order valence-electron chi connectivity index (χ3n) is 5.38. The van der Waals surface area contributed by atoms with Crippen molar-refractivity contribution in [2.45, 2.75) is 19.8 Å². The van der Waals surface area contributed by atoms with Gasteiger partial charge in [-0.1, -0.05) is 84.0 Å². The van der Waals surface area contributed by atoms with Crippen molar-refractivity contribution in [3.8, 4) is 22.4 Å². The SMILES string of the molecule is Cc1onc(-c2ccc(-c3ccccc3CC(=O)O)cc2)c1NC(=O)OCCc1ccccc1. The summed E-state index contributed by atoms with van der Waals surface area (Å²) in [7, 11) is 0. The summed E-state index contributed by atoms with van der Waals surface area (Å²) in [5, 5.41) is 16.0. The van der Waals surface area contributed by atoms with Crippen LogP contribution in [0.1, 0.15) is 16.9 Å². The fourth-order valence-corrected chi connectivity index (χ4v) is 3.69. The summed E-state index contributed by atoms with van der Waals surface area (Å²) in [5.41, 5.74) is 5.24. The molecule has 1 aromatic heterocycles. The topological polar surface area (TPSA) is 102 Å². The molecule has 7 heteroatoms. The molecule has 0 unspecified atom stereocenters. The largest absolute Gasteiger partial charge is 0.481 e. The molecular weight excluding hydrogens is 432 g/mol. The first kappa shape index (κ1) is 22.8. The van der Waals surface area contributed by atoms with Crippen LogP contribution in [0.15, 0.2) is 83.4 Å². The zero-order chi connectivity index (χ0) is 23.9. The number of aryl methyl sites for hydroxylation is 1. The van der Waals surface area contributed by atoms with Crippen LogP contribution in [-0.4, -0.2) is 28.9 Å². The molecular formula is C27H24N2O5. The van der Waals surface area contributed by atoms with Crippen molar-refractivity contribution in [2.24, 2.45) is 0 Å². The van der Waals surface area contributed by atoms with E-state index in [4.69, 9.17) is 9.26 Å². The summed E-state index contributed by atoms with van der Waals surface area (Å²) in [6, 6.07) is 24.7. The summed E-state index contributed by atoms with van der Waals surface area (Å²) in [6.07, 6.45) is -0.0159.